The molecular weight excluding hydrogens is 426 g/mol. The Morgan fingerprint density at radius 1 is 0.514 bits per heavy atom. The van der Waals surface area contributed by atoms with Crippen molar-refractivity contribution in [1.29, 1.82) is 10.5 Å². The average Bonchev–Trinajstić information content (AvgIpc) is 3.27. The fraction of sp³-hybridized carbons (Fsp3) is 0. The van der Waals surface area contributed by atoms with Crippen LogP contribution in [-0.4, -0.2) is 4.57 Å². The van der Waals surface area contributed by atoms with Gasteiger partial charge < -0.3 is 4.57 Å². The number of rotatable bonds is 3. The molecule has 5 aromatic carbocycles. The highest BCUT2D eigenvalue weighted by molar-refractivity contribution is 6.09. The monoisotopic (exact) mass is 445 g/mol. The van der Waals surface area contributed by atoms with Crippen LogP contribution >= 0.6 is 0 Å². The molecule has 0 saturated heterocycles. The number of para-hydroxylation sites is 2. The van der Waals surface area contributed by atoms with Gasteiger partial charge in [-0.3, -0.25) is 0 Å². The van der Waals surface area contributed by atoms with Gasteiger partial charge in [0, 0.05) is 21.9 Å². The zero-order valence-electron chi connectivity index (χ0n) is 18.8. The molecule has 6 aromatic rings. The largest absolute Gasteiger partial charge is 0.309 e. The molecule has 1 aromatic heterocycles. The molecule has 0 aliphatic rings. The van der Waals surface area contributed by atoms with E-state index in [4.69, 9.17) is 0 Å². The SMILES string of the molecule is N#Cc1cccc(C#N)c1-c1ccc(-n2c3ccccc3c3ccccc32)c(-c2ccccc2)c1. The lowest BCUT2D eigenvalue weighted by atomic mass is 9.92. The van der Waals surface area contributed by atoms with Crippen LogP contribution < -0.4 is 0 Å². The van der Waals surface area contributed by atoms with E-state index >= 15 is 0 Å². The summed E-state index contributed by atoms with van der Waals surface area (Å²) in [4.78, 5) is 0. The second-order valence-electron chi connectivity index (χ2n) is 8.42. The molecule has 1 heterocycles. The molecule has 35 heavy (non-hydrogen) atoms. The molecule has 0 bridgehead atoms. The van der Waals surface area contributed by atoms with Crippen LogP contribution in [0.4, 0.5) is 0 Å². The Hall–Kier alpha value is -5.12. The maximum absolute atomic E-state index is 9.76. The Balaban J connectivity index is 1.71. The quantitative estimate of drug-likeness (QED) is 0.278. The molecule has 0 N–H and O–H groups in total. The summed E-state index contributed by atoms with van der Waals surface area (Å²) in [6.07, 6.45) is 0. The molecule has 6 rings (SSSR count). The molecule has 0 unspecified atom stereocenters. The van der Waals surface area contributed by atoms with Crippen LogP contribution in [0, 0.1) is 22.7 Å². The van der Waals surface area contributed by atoms with Gasteiger partial charge in [-0.1, -0.05) is 78.9 Å². The first kappa shape index (κ1) is 20.5. The lowest BCUT2D eigenvalue weighted by molar-refractivity contribution is 1.18. The highest BCUT2D eigenvalue weighted by atomic mass is 15.0. The van der Waals surface area contributed by atoms with Gasteiger partial charge in [-0.05, 0) is 47.5 Å². The molecule has 0 aliphatic heterocycles. The van der Waals surface area contributed by atoms with Gasteiger partial charge in [-0.25, -0.2) is 0 Å². The van der Waals surface area contributed by atoms with Crippen LogP contribution in [-0.2, 0) is 0 Å². The van der Waals surface area contributed by atoms with Crippen LogP contribution in [0.5, 0.6) is 0 Å². The second-order valence-corrected chi connectivity index (χ2v) is 8.42. The van der Waals surface area contributed by atoms with E-state index in [2.05, 4.69) is 89.5 Å². The zero-order valence-corrected chi connectivity index (χ0v) is 18.8. The number of benzene rings is 5. The van der Waals surface area contributed by atoms with E-state index in [0.717, 1.165) is 33.4 Å². The van der Waals surface area contributed by atoms with Crippen molar-refractivity contribution in [1.82, 2.24) is 4.57 Å². The van der Waals surface area contributed by atoms with Crippen LogP contribution in [0.25, 0.3) is 49.7 Å². The van der Waals surface area contributed by atoms with Crippen molar-refractivity contribution in [2.24, 2.45) is 0 Å². The highest BCUT2D eigenvalue weighted by Crippen LogP contribution is 2.39. The van der Waals surface area contributed by atoms with E-state index in [9.17, 15) is 10.5 Å². The minimum Gasteiger partial charge on any atom is -0.309 e. The predicted molar refractivity (Wildman–Crippen MR) is 141 cm³/mol. The number of nitriles is 2. The van der Waals surface area contributed by atoms with Gasteiger partial charge >= 0.3 is 0 Å². The summed E-state index contributed by atoms with van der Waals surface area (Å²) in [6, 6.07) is 43.2. The van der Waals surface area contributed by atoms with Gasteiger partial charge in [0.05, 0.1) is 40.0 Å². The van der Waals surface area contributed by atoms with E-state index in [-0.39, 0.29) is 0 Å². The summed E-state index contributed by atoms with van der Waals surface area (Å²) in [5.41, 5.74) is 7.92. The van der Waals surface area contributed by atoms with Gasteiger partial charge in [0.2, 0.25) is 0 Å². The van der Waals surface area contributed by atoms with Crippen molar-refractivity contribution in [2.45, 2.75) is 0 Å². The summed E-state index contributed by atoms with van der Waals surface area (Å²) >= 11 is 0. The van der Waals surface area contributed by atoms with Crippen LogP contribution in [0.3, 0.4) is 0 Å². The standard InChI is InChI=1S/C32H19N3/c33-20-24-11-8-12-25(21-34)32(24)23-17-18-31(28(19-23)22-9-2-1-3-10-22)35-29-15-6-4-13-26(29)27-14-5-7-16-30(27)35/h1-19H. The Labute approximate surface area is 203 Å². The van der Waals surface area contributed by atoms with Crippen molar-refractivity contribution in [2.75, 3.05) is 0 Å². The number of aromatic nitrogens is 1. The molecule has 0 amide bonds. The summed E-state index contributed by atoms with van der Waals surface area (Å²) in [7, 11) is 0. The molecular formula is C32H19N3. The Morgan fingerprint density at radius 2 is 1.09 bits per heavy atom. The maximum Gasteiger partial charge on any atom is 0.0998 e. The first-order chi connectivity index (χ1) is 17.3. The predicted octanol–water partition coefficient (Wildman–Crippen LogP) is 7.86. The Bertz CT molecular complexity index is 1730. The van der Waals surface area contributed by atoms with Crippen molar-refractivity contribution >= 4 is 21.8 Å². The highest BCUT2D eigenvalue weighted by Gasteiger charge is 2.18. The van der Waals surface area contributed by atoms with Crippen LogP contribution in [0.15, 0.2) is 115 Å². The first-order valence-corrected chi connectivity index (χ1v) is 11.4. The van der Waals surface area contributed by atoms with Crippen molar-refractivity contribution in [3.8, 4) is 40.1 Å². The van der Waals surface area contributed by atoms with E-state index in [0.29, 0.717) is 16.7 Å². The third-order valence-corrected chi connectivity index (χ3v) is 6.50. The smallest absolute Gasteiger partial charge is 0.0998 e. The number of hydrogen-bond acceptors (Lipinski definition) is 2. The molecule has 0 radical (unpaired) electrons. The van der Waals surface area contributed by atoms with Gasteiger partial charge in [0.25, 0.3) is 0 Å². The Morgan fingerprint density at radius 3 is 1.69 bits per heavy atom. The second kappa shape index (κ2) is 8.34. The average molecular weight is 446 g/mol. The number of fused-ring (bicyclic) bond motifs is 3. The van der Waals surface area contributed by atoms with Gasteiger partial charge in [0.1, 0.15) is 0 Å². The topological polar surface area (TPSA) is 52.5 Å². The lowest BCUT2D eigenvalue weighted by Crippen LogP contribution is -1.99. The third-order valence-electron chi connectivity index (χ3n) is 6.50. The van der Waals surface area contributed by atoms with Crippen LogP contribution in [0.1, 0.15) is 11.1 Å². The fourth-order valence-electron chi connectivity index (χ4n) is 4.97. The molecule has 0 spiro atoms. The molecule has 0 saturated carbocycles. The lowest BCUT2D eigenvalue weighted by Gasteiger charge is -2.17. The van der Waals surface area contributed by atoms with Crippen molar-refractivity contribution < 1.29 is 0 Å². The minimum absolute atomic E-state index is 0.493. The normalized spacial score (nSPS) is 10.8. The molecule has 0 aliphatic carbocycles. The first-order valence-electron chi connectivity index (χ1n) is 11.4. The van der Waals surface area contributed by atoms with E-state index in [1.54, 1.807) is 18.2 Å². The molecule has 0 atom stereocenters. The zero-order chi connectivity index (χ0) is 23.8. The van der Waals surface area contributed by atoms with E-state index in [1.807, 2.05) is 24.3 Å². The third kappa shape index (κ3) is 3.27. The molecule has 3 nitrogen and oxygen atoms in total. The van der Waals surface area contributed by atoms with Gasteiger partial charge in [-0.2, -0.15) is 10.5 Å². The van der Waals surface area contributed by atoms with Crippen LogP contribution in [0.2, 0.25) is 0 Å². The summed E-state index contributed by atoms with van der Waals surface area (Å²) in [5.74, 6) is 0. The number of hydrogen-bond donors (Lipinski definition) is 0. The van der Waals surface area contributed by atoms with Crippen molar-refractivity contribution in [3.63, 3.8) is 0 Å². The summed E-state index contributed by atoms with van der Waals surface area (Å²) in [5, 5.41) is 21.9. The number of nitrogens with zero attached hydrogens (tertiary/aromatic N) is 3. The van der Waals surface area contributed by atoms with Gasteiger partial charge in [-0.15, -0.1) is 0 Å². The summed E-state index contributed by atoms with van der Waals surface area (Å²) in [6.45, 7) is 0. The van der Waals surface area contributed by atoms with E-state index < -0.39 is 0 Å². The molecule has 3 heteroatoms. The Kier molecular flexibility index (Phi) is 4.88. The molecule has 162 valence electrons. The minimum atomic E-state index is 0.493. The summed E-state index contributed by atoms with van der Waals surface area (Å²) < 4.78 is 2.30. The fourth-order valence-corrected chi connectivity index (χ4v) is 4.97. The molecule has 0 fully saturated rings. The van der Waals surface area contributed by atoms with Gasteiger partial charge in [0.15, 0.2) is 0 Å². The maximum atomic E-state index is 9.76. The van der Waals surface area contributed by atoms with Crippen molar-refractivity contribution in [3.05, 3.63) is 126 Å². The van der Waals surface area contributed by atoms with E-state index in [1.165, 1.54) is 10.8 Å².